The van der Waals surface area contributed by atoms with Crippen molar-refractivity contribution in [2.75, 3.05) is 0 Å². The Kier molecular flexibility index (Phi) is 5.09. The van der Waals surface area contributed by atoms with E-state index in [1.165, 1.54) is 37.3 Å². The third kappa shape index (κ3) is 3.69. The number of fused-ring (bicyclic) bond motifs is 1. The molecule has 0 radical (unpaired) electrons. The van der Waals surface area contributed by atoms with Gasteiger partial charge < -0.3 is 9.72 Å². The molecule has 1 amide bonds. The van der Waals surface area contributed by atoms with Crippen LogP contribution in [0.5, 0.6) is 0 Å². The van der Waals surface area contributed by atoms with E-state index in [2.05, 4.69) is 10.3 Å². The Morgan fingerprint density at radius 2 is 1.87 bits per heavy atom. The number of hydrogen-bond acceptors (Lipinski definition) is 4. The lowest BCUT2D eigenvalue weighted by atomic mass is 10.2. The highest BCUT2D eigenvalue weighted by atomic mass is 32.2. The van der Waals surface area contributed by atoms with Crippen molar-refractivity contribution < 1.29 is 17.6 Å². The largest absolute Gasteiger partial charge is 0.348 e. The molecular weight excluding hydrogens is 405 g/mol. The van der Waals surface area contributed by atoms with Gasteiger partial charge in [-0.3, -0.25) is 4.79 Å². The van der Waals surface area contributed by atoms with Crippen molar-refractivity contribution in [2.24, 2.45) is 0 Å². The standard InChI is InChI=1S/C22H18FN3O3S/c1-15-3-2-4-19(21(15)23)30(28,29)18-8-5-16(6-9-18)13-25-22(27)17-7-10-20-24-11-12-26(20)14-17/h2-12,14H,13H2,1H3,(H,25,27). The number of pyridine rings is 1. The van der Waals surface area contributed by atoms with Gasteiger partial charge in [0.05, 0.1) is 10.5 Å². The summed E-state index contributed by atoms with van der Waals surface area (Å²) in [6, 6.07) is 13.7. The Morgan fingerprint density at radius 3 is 2.63 bits per heavy atom. The maximum atomic E-state index is 14.3. The molecule has 0 unspecified atom stereocenters. The summed E-state index contributed by atoms with van der Waals surface area (Å²) >= 11 is 0. The molecule has 0 aliphatic rings. The van der Waals surface area contributed by atoms with Crippen molar-refractivity contribution in [2.45, 2.75) is 23.3 Å². The van der Waals surface area contributed by atoms with Gasteiger partial charge in [0.15, 0.2) is 0 Å². The van der Waals surface area contributed by atoms with E-state index in [-0.39, 0.29) is 27.8 Å². The molecule has 0 saturated heterocycles. The van der Waals surface area contributed by atoms with Gasteiger partial charge in [-0.15, -0.1) is 0 Å². The number of aromatic nitrogens is 2. The van der Waals surface area contributed by atoms with Crippen LogP contribution in [0.15, 0.2) is 83.0 Å². The summed E-state index contributed by atoms with van der Waals surface area (Å²) in [5, 5.41) is 2.80. The van der Waals surface area contributed by atoms with Gasteiger partial charge in [-0.25, -0.2) is 17.8 Å². The highest BCUT2D eigenvalue weighted by molar-refractivity contribution is 7.91. The Hall–Kier alpha value is -3.52. The van der Waals surface area contributed by atoms with E-state index in [0.717, 1.165) is 11.2 Å². The lowest BCUT2D eigenvalue weighted by Crippen LogP contribution is -2.23. The lowest BCUT2D eigenvalue weighted by Gasteiger charge is -2.09. The number of benzene rings is 2. The molecule has 8 heteroatoms. The van der Waals surface area contributed by atoms with Crippen molar-refractivity contribution >= 4 is 21.4 Å². The lowest BCUT2D eigenvalue weighted by molar-refractivity contribution is 0.0950. The van der Waals surface area contributed by atoms with Gasteiger partial charge in [-0.1, -0.05) is 24.3 Å². The predicted molar refractivity (Wildman–Crippen MR) is 109 cm³/mol. The van der Waals surface area contributed by atoms with E-state index in [4.69, 9.17) is 0 Å². The third-order valence-corrected chi connectivity index (χ3v) is 6.57. The summed E-state index contributed by atoms with van der Waals surface area (Å²) in [5.74, 6) is -1.01. The number of amides is 1. The van der Waals surface area contributed by atoms with Crippen molar-refractivity contribution in [3.8, 4) is 0 Å². The van der Waals surface area contributed by atoms with Crippen LogP contribution in [0.4, 0.5) is 4.39 Å². The van der Waals surface area contributed by atoms with E-state index in [1.54, 1.807) is 47.3 Å². The van der Waals surface area contributed by atoms with E-state index in [0.29, 0.717) is 5.56 Å². The number of halogens is 1. The number of hydrogen-bond donors (Lipinski definition) is 1. The third-order valence-electron chi connectivity index (χ3n) is 4.78. The minimum absolute atomic E-state index is 0.00682. The fraction of sp³-hybridized carbons (Fsp3) is 0.0909. The van der Waals surface area contributed by atoms with E-state index >= 15 is 0 Å². The molecule has 4 rings (SSSR count). The van der Waals surface area contributed by atoms with Crippen LogP contribution >= 0.6 is 0 Å². The first kappa shape index (κ1) is 19.8. The molecule has 30 heavy (non-hydrogen) atoms. The first-order chi connectivity index (χ1) is 14.4. The molecule has 0 fully saturated rings. The van der Waals surface area contributed by atoms with Crippen LogP contribution in [0.3, 0.4) is 0 Å². The SMILES string of the molecule is Cc1cccc(S(=O)(=O)c2ccc(CNC(=O)c3ccc4nccn4c3)cc2)c1F. The normalized spacial score (nSPS) is 11.5. The summed E-state index contributed by atoms with van der Waals surface area (Å²) in [6.45, 7) is 1.74. The number of carbonyl (C=O) groups excluding carboxylic acids is 1. The summed E-state index contributed by atoms with van der Waals surface area (Å²) in [7, 11) is -3.97. The summed E-state index contributed by atoms with van der Waals surface area (Å²) in [4.78, 5) is 16.2. The van der Waals surface area contributed by atoms with Crippen LogP contribution in [-0.4, -0.2) is 23.7 Å². The van der Waals surface area contributed by atoms with Crippen LogP contribution in [0.25, 0.3) is 5.65 Å². The molecule has 1 N–H and O–H groups in total. The minimum Gasteiger partial charge on any atom is -0.348 e. The van der Waals surface area contributed by atoms with Gasteiger partial charge in [0.2, 0.25) is 9.84 Å². The molecule has 0 spiro atoms. The van der Waals surface area contributed by atoms with Crippen LogP contribution in [0, 0.1) is 12.7 Å². The van der Waals surface area contributed by atoms with Crippen molar-refractivity contribution in [3.05, 3.63) is 95.7 Å². The maximum absolute atomic E-state index is 14.3. The summed E-state index contributed by atoms with van der Waals surface area (Å²) in [5.41, 5.74) is 2.21. The Balaban J connectivity index is 1.48. The number of nitrogens with zero attached hydrogens (tertiary/aromatic N) is 2. The second-order valence-electron chi connectivity index (χ2n) is 6.83. The molecule has 0 bridgehead atoms. The Labute approximate surface area is 172 Å². The summed E-state index contributed by atoms with van der Waals surface area (Å²) < 4.78 is 41.5. The molecule has 4 aromatic rings. The zero-order valence-electron chi connectivity index (χ0n) is 16.0. The number of rotatable bonds is 5. The molecule has 0 atom stereocenters. The highest BCUT2D eigenvalue weighted by Crippen LogP contribution is 2.25. The number of nitrogens with one attached hydrogen (secondary N) is 1. The molecular formula is C22H18FN3O3S. The van der Waals surface area contributed by atoms with E-state index in [9.17, 15) is 17.6 Å². The molecule has 2 aromatic heterocycles. The predicted octanol–water partition coefficient (Wildman–Crippen LogP) is 3.54. The number of carbonyl (C=O) groups is 1. The number of imidazole rings is 1. The second kappa shape index (κ2) is 7.72. The second-order valence-corrected chi connectivity index (χ2v) is 8.75. The van der Waals surface area contributed by atoms with Crippen molar-refractivity contribution in [3.63, 3.8) is 0 Å². The average Bonchev–Trinajstić information content (AvgIpc) is 3.22. The number of sulfone groups is 1. The van der Waals surface area contributed by atoms with E-state index in [1.807, 2.05) is 0 Å². The number of aryl methyl sites for hydroxylation is 1. The van der Waals surface area contributed by atoms with Crippen LogP contribution in [0.1, 0.15) is 21.5 Å². The van der Waals surface area contributed by atoms with Gasteiger partial charge >= 0.3 is 0 Å². The van der Waals surface area contributed by atoms with Crippen LogP contribution in [0.2, 0.25) is 0 Å². The van der Waals surface area contributed by atoms with Gasteiger partial charge in [-0.05, 0) is 48.4 Å². The fourth-order valence-electron chi connectivity index (χ4n) is 3.08. The molecule has 0 saturated carbocycles. The molecule has 0 aliphatic heterocycles. The fourth-order valence-corrected chi connectivity index (χ4v) is 4.48. The van der Waals surface area contributed by atoms with Gasteiger partial charge in [0.1, 0.15) is 16.4 Å². The first-order valence-electron chi connectivity index (χ1n) is 9.16. The van der Waals surface area contributed by atoms with Crippen LogP contribution < -0.4 is 5.32 Å². The first-order valence-corrected chi connectivity index (χ1v) is 10.6. The minimum atomic E-state index is -3.97. The molecule has 6 nitrogen and oxygen atoms in total. The van der Waals surface area contributed by atoms with E-state index < -0.39 is 15.7 Å². The monoisotopic (exact) mass is 423 g/mol. The topological polar surface area (TPSA) is 80.5 Å². The summed E-state index contributed by atoms with van der Waals surface area (Å²) in [6.07, 6.45) is 5.08. The quantitative estimate of drug-likeness (QED) is 0.532. The smallest absolute Gasteiger partial charge is 0.253 e. The van der Waals surface area contributed by atoms with Gasteiger partial charge in [0, 0.05) is 25.1 Å². The van der Waals surface area contributed by atoms with Gasteiger partial charge in [0.25, 0.3) is 5.91 Å². The highest BCUT2D eigenvalue weighted by Gasteiger charge is 2.22. The molecule has 2 aromatic carbocycles. The molecule has 0 aliphatic carbocycles. The Morgan fingerprint density at radius 1 is 1.10 bits per heavy atom. The average molecular weight is 423 g/mol. The molecule has 152 valence electrons. The Bertz CT molecular complexity index is 1350. The van der Waals surface area contributed by atoms with Crippen LogP contribution in [-0.2, 0) is 16.4 Å². The van der Waals surface area contributed by atoms with Gasteiger partial charge in [-0.2, -0.15) is 0 Å². The zero-order valence-corrected chi connectivity index (χ0v) is 16.9. The molecule has 2 heterocycles. The maximum Gasteiger partial charge on any atom is 0.253 e. The van der Waals surface area contributed by atoms with Crippen molar-refractivity contribution in [1.82, 2.24) is 14.7 Å². The van der Waals surface area contributed by atoms with Crippen molar-refractivity contribution in [1.29, 1.82) is 0 Å². The zero-order chi connectivity index (χ0) is 21.3.